The average molecular weight is 312 g/mol. The van der Waals surface area contributed by atoms with E-state index < -0.39 is 4.92 Å². The summed E-state index contributed by atoms with van der Waals surface area (Å²) in [7, 11) is 0. The van der Waals surface area contributed by atoms with Crippen molar-refractivity contribution in [3.05, 3.63) is 69.3 Å². The Morgan fingerprint density at radius 2 is 1.87 bits per heavy atom. The van der Waals surface area contributed by atoms with E-state index in [9.17, 15) is 14.9 Å². The Labute approximate surface area is 135 Å². The maximum atomic E-state index is 12.5. The van der Waals surface area contributed by atoms with Crippen LogP contribution in [0.4, 0.5) is 11.4 Å². The lowest BCUT2D eigenvalue weighted by Crippen LogP contribution is -2.20. The molecular formula is C18H20N2O3. The average Bonchev–Trinajstić information content (AvgIpc) is 2.55. The van der Waals surface area contributed by atoms with Gasteiger partial charge in [0, 0.05) is 17.8 Å². The highest BCUT2D eigenvalue weighted by atomic mass is 16.6. The SMILES string of the molecule is CCc1cccc(C)c1NC(=O)[C@H](C)c1ccc([N+](=O)[O-])cc1. The van der Waals surface area contributed by atoms with Crippen LogP contribution in [0.1, 0.15) is 36.5 Å². The van der Waals surface area contributed by atoms with Crippen LogP contribution >= 0.6 is 0 Å². The summed E-state index contributed by atoms with van der Waals surface area (Å²) in [6, 6.07) is 12.0. The molecule has 1 atom stereocenters. The number of nitrogens with one attached hydrogen (secondary N) is 1. The number of nitro benzene ring substituents is 1. The lowest BCUT2D eigenvalue weighted by molar-refractivity contribution is -0.384. The van der Waals surface area contributed by atoms with E-state index in [1.807, 2.05) is 32.0 Å². The van der Waals surface area contributed by atoms with Gasteiger partial charge >= 0.3 is 0 Å². The van der Waals surface area contributed by atoms with E-state index in [-0.39, 0.29) is 17.5 Å². The number of carbonyl (C=O) groups is 1. The molecule has 2 rings (SSSR count). The van der Waals surface area contributed by atoms with E-state index in [0.29, 0.717) is 0 Å². The lowest BCUT2D eigenvalue weighted by atomic mass is 9.99. The summed E-state index contributed by atoms with van der Waals surface area (Å²) in [5.74, 6) is -0.511. The van der Waals surface area contributed by atoms with Crippen LogP contribution in [0.5, 0.6) is 0 Å². The second-order valence-corrected chi connectivity index (χ2v) is 5.52. The van der Waals surface area contributed by atoms with Gasteiger partial charge in [0.2, 0.25) is 5.91 Å². The van der Waals surface area contributed by atoms with Crippen LogP contribution in [0.25, 0.3) is 0 Å². The minimum Gasteiger partial charge on any atom is -0.325 e. The summed E-state index contributed by atoms with van der Waals surface area (Å²) in [6.07, 6.45) is 0.837. The van der Waals surface area contributed by atoms with E-state index in [1.165, 1.54) is 12.1 Å². The van der Waals surface area contributed by atoms with Crippen LogP contribution in [0.3, 0.4) is 0 Å². The molecule has 5 heteroatoms. The van der Waals surface area contributed by atoms with Crippen LogP contribution in [-0.2, 0) is 11.2 Å². The molecular weight excluding hydrogens is 292 g/mol. The first-order valence-corrected chi connectivity index (χ1v) is 7.57. The molecule has 0 saturated heterocycles. The van der Waals surface area contributed by atoms with Crippen molar-refractivity contribution < 1.29 is 9.72 Å². The normalized spacial score (nSPS) is 11.8. The minimum atomic E-state index is -0.449. The Morgan fingerprint density at radius 1 is 1.22 bits per heavy atom. The van der Waals surface area contributed by atoms with E-state index in [2.05, 4.69) is 5.32 Å². The smallest absolute Gasteiger partial charge is 0.269 e. The van der Waals surface area contributed by atoms with Gasteiger partial charge in [0.15, 0.2) is 0 Å². The minimum absolute atomic E-state index is 0.0218. The fraction of sp³-hybridized carbons (Fsp3) is 0.278. The highest BCUT2D eigenvalue weighted by Crippen LogP contribution is 2.25. The van der Waals surface area contributed by atoms with Crippen molar-refractivity contribution in [1.82, 2.24) is 0 Å². The third-order valence-corrected chi connectivity index (χ3v) is 3.99. The first kappa shape index (κ1) is 16.7. The molecule has 0 fully saturated rings. The quantitative estimate of drug-likeness (QED) is 0.664. The van der Waals surface area contributed by atoms with Gasteiger partial charge in [0.05, 0.1) is 10.8 Å². The molecule has 0 spiro atoms. The number of rotatable bonds is 5. The number of hydrogen-bond acceptors (Lipinski definition) is 3. The van der Waals surface area contributed by atoms with Crippen molar-refractivity contribution in [2.75, 3.05) is 5.32 Å². The van der Waals surface area contributed by atoms with E-state index in [4.69, 9.17) is 0 Å². The Balaban J connectivity index is 2.19. The first-order chi connectivity index (χ1) is 10.9. The number of amides is 1. The third-order valence-electron chi connectivity index (χ3n) is 3.99. The van der Waals surface area contributed by atoms with Crippen LogP contribution in [-0.4, -0.2) is 10.8 Å². The lowest BCUT2D eigenvalue weighted by Gasteiger charge is -2.16. The second kappa shape index (κ2) is 7.05. The molecule has 0 aliphatic heterocycles. The van der Waals surface area contributed by atoms with Crippen molar-refractivity contribution in [3.63, 3.8) is 0 Å². The molecule has 1 amide bonds. The number of para-hydroxylation sites is 1. The van der Waals surface area contributed by atoms with Crippen LogP contribution < -0.4 is 5.32 Å². The topological polar surface area (TPSA) is 72.2 Å². The van der Waals surface area contributed by atoms with Crippen LogP contribution in [0.15, 0.2) is 42.5 Å². The van der Waals surface area contributed by atoms with Gasteiger partial charge in [-0.15, -0.1) is 0 Å². The fourth-order valence-electron chi connectivity index (χ4n) is 2.47. The maximum absolute atomic E-state index is 12.5. The molecule has 2 aromatic rings. The molecule has 23 heavy (non-hydrogen) atoms. The van der Waals surface area contributed by atoms with Gasteiger partial charge in [-0.25, -0.2) is 0 Å². The molecule has 0 saturated carbocycles. The van der Waals surface area contributed by atoms with Crippen molar-refractivity contribution in [3.8, 4) is 0 Å². The van der Waals surface area contributed by atoms with E-state index >= 15 is 0 Å². The first-order valence-electron chi connectivity index (χ1n) is 7.57. The van der Waals surface area contributed by atoms with Crippen LogP contribution in [0, 0.1) is 17.0 Å². The number of aryl methyl sites for hydroxylation is 2. The number of nitro groups is 1. The van der Waals surface area contributed by atoms with Crippen molar-refractivity contribution in [1.29, 1.82) is 0 Å². The highest BCUT2D eigenvalue weighted by Gasteiger charge is 2.18. The summed E-state index contributed by atoms with van der Waals surface area (Å²) in [4.78, 5) is 22.7. The Hall–Kier alpha value is -2.69. The highest BCUT2D eigenvalue weighted by molar-refractivity contribution is 5.96. The molecule has 0 aromatic heterocycles. The molecule has 0 aliphatic rings. The van der Waals surface area contributed by atoms with Crippen LogP contribution in [0.2, 0.25) is 0 Å². The molecule has 0 bridgehead atoms. The number of anilines is 1. The van der Waals surface area contributed by atoms with Crippen molar-refractivity contribution in [2.24, 2.45) is 0 Å². The zero-order valence-corrected chi connectivity index (χ0v) is 13.5. The van der Waals surface area contributed by atoms with Crippen molar-refractivity contribution in [2.45, 2.75) is 33.1 Å². The predicted molar refractivity (Wildman–Crippen MR) is 90.7 cm³/mol. The standard InChI is InChI=1S/C18H20N2O3/c1-4-14-7-5-6-12(2)17(14)19-18(21)13(3)15-8-10-16(11-9-15)20(22)23/h5-11,13H,4H2,1-3H3,(H,19,21)/t13-/m1/s1. The number of nitrogens with zero attached hydrogens (tertiary/aromatic N) is 1. The number of benzene rings is 2. The summed E-state index contributed by atoms with van der Waals surface area (Å²) >= 11 is 0. The van der Waals surface area contributed by atoms with Gasteiger partial charge in [0.1, 0.15) is 0 Å². The molecule has 0 heterocycles. The van der Waals surface area contributed by atoms with E-state index in [1.54, 1.807) is 19.1 Å². The summed E-state index contributed by atoms with van der Waals surface area (Å²) < 4.78 is 0. The Kier molecular flexibility index (Phi) is 5.11. The number of carbonyl (C=O) groups excluding carboxylic acids is 1. The third kappa shape index (κ3) is 3.74. The zero-order valence-electron chi connectivity index (χ0n) is 13.5. The molecule has 0 aliphatic carbocycles. The summed E-state index contributed by atoms with van der Waals surface area (Å²) in [6.45, 7) is 5.80. The van der Waals surface area contributed by atoms with Gasteiger partial charge in [-0.05, 0) is 37.0 Å². The summed E-state index contributed by atoms with van der Waals surface area (Å²) in [5, 5.41) is 13.7. The molecule has 5 nitrogen and oxygen atoms in total. The Bertz CT molecular complexity index is 724. The zero-order chi connectivity index (χ0) is 17.0. The fourth-order valence-corrected chi connectivity index (χ4v) is 2.47. The molecule has 1 N–H and O–H groups in total. The van der Waals surface area contributed by atoms with Crippen molar-refractivity contribution >= 4 is 17.3 Å². The molecule has 0 radical (unpaired) electrons. The summed E-state index contributed by atoms with van der Waals surface area (Å²) in [5.41, 5.74) is 3.74. The van der Waals surface area contributed by atoms with E-state index in [0.717, 1.165) is 28.8 Å². The molecule has 120 valence electrons. The molecule has 0 unspecified atom stereocenters. The van der Waals surface area contributed by atoms with Gasteiger partial charge in [0.25, 0.3) is 5.69 Å². The van der Waals surface area contributed by atoms with Gasteiger partial charge < -0.3 is 5.32 Å². The second-order valence-electron chi connectivity index (χ2n) is 5.52. The number of non-ortho nitro benzene ring substituents is 1. The van der Waals surface area contributed by atoms with Gasteiger partial charge in [-0.2, -0.15) is 0 Å². The Morgan fingerprint density at radius 3 is 2.43 bits per heavy atom. The monoisotopic (exact) mass is 312 g/mol. The largest absolute Gasteiger partial charge is 0.325 e. The molecule has 2 aromatic carbocycles. The predicted octanol–water partition coefficient (Wildman–Crippen LogP) is 4.21. The van der Waals surface area contributed by atoms with Gasteiger partial charge in [-0.3, -0.25) is 14.9 Å². The number of hydrogen-bond donors (Lipinski definition) is 1. The van der Waals surface area contributed by atoms with Gasteiger partial charge in [-0.1, -0.05) is 37.3 Å². The maximum Gasteiger partial charge on any atom is 0.269 e.